The van der Waals surface area contributed by atoms with Gasteiger partial charge in [-0.2, -0.15) is 0 Å². The number of carbonyl (C=O) groups is 1. The maximum Gasteiger partial charge on any atom is 0.186 e. The van der Waals surface area contributed by atoms with Gasteiger partial charge in [0.25, 0.3) is 0 Å². The van der Waals surface area contributed by atoms with E-state index < -0.39 is 37.3 Å². The van der Waals surface area contributed by atoms with Gasteiger partial charge in [-0.3, -0.25) is 4.79 Å². The molecule has 0 aromatic carbocycles. The zero-order valence-electron chi connectivity index (χ0n) is 10.9. The van der Waals surface area contributed by atoms with Gasteiger partial charge in [0.15, 0.2) is 6.29 Å². The number of aliphatic hydroxyl groups excluding tert-OH is 4. The Morgan fingerprint density at radius 1 is 1.21 bits per heavy atom. The van der Waals surface area contributed by atoms with E-state index in [9.17, 15) is 20.1 Å². The van der Waals surface area contributed by atoms with Crippen molar-refractivity contribution in [2.24, 2.45) is 0 Å². The maximum absolute atomic E-state index is 11.1. The molecule has 1 rings (SSSR count). The van der Waals surface area contributed by atoms with Crippen molar-refractivity contribution in [3.63, 3.8) is 0 Å². The van der Waals surface area contributed by atoms with E-state index in [4.69, 9.17) is 14.6 Å². The van der Waals surface area contributed by atoms with E-state index in [1.165, 1.54) is 0 Å². The molecule has 1 aliphatic heterocycles. The van der Waals surface area contributed by atoms with Crippen LogP contribution >= 0.6 is 0 Å². The average Bonchev–Trinajstić information content (AvgIpc) is 2.42. The van der Waals surface area contributed by atoms with E-state index in [-0.39, 0.29) is 12.4 Å². The molecule has 5 unspecified atom stereocenters. The molecular weight excluding hydrogens is 256 g/mol. The number of rotatable bonds is 7. The number of carbonyl (C=O) groups excluding carboxylic acids is 1. The summed E-state index contributed by atoms with van der Waals surface area (Å²) in [5.41, 5.74) is 0. The fourth-order valence-electron chi connectivity index (χ4n) is 1.85. The second-order valence-corrected chi connectivity index (χ2v) is 4.56. The first-order valence-electron chi connectivity index (χ1n) is 6.45. The Balaban J connectivity index is 2.37. The largest absolute Gasteiger partial charge is 0.394 e. The van der Waals surface area contributed by atoms with Crippen LogP contribution in [0.25, 0.3) is 0 Å². The third-order valence-electron chi connectivity index (χ3n) is 3.12. The van der Waals surface area contributed by atoms with E-state index in [2.05, 4.69) is 0 Å². The van der Waals surface area contributed by atoms with E-state index in [1.54, 1.807) is 6.92 Å². The third kappa shape index (κ3) is 4.48. The Hall–Kier alpha value is -0.570. The first-order chi connectivity index (χ1) is 9.01. The average molecular weight is 278 g/mol. The molecule has 1 saturated heterocycles. The van der Waals surface area contributed by atoms with Crippen LogP contribution < -0.4 is 0 Å². The molecule has 0 aromatic rings. The predicted octanol–water partition coefficient (Wildman–Crippen LogP) is -1.44. The molecule has 0 radical (unpaired) electrons. The maximum atomic E-state index is 11.1. The lowest BCUT2D eigenvalue weighted by atomic mass is 9.99. The molecule has 1 aliphatic rings. The fraction of sp³-hybridized carbons (Fsp3) is 0.917. The third-order valence-corrected chi connectivity index (χ3v) is 3.12. The summed E-state index contributed by atoms with van der Waals surface area (Å²) in [6.45, 7) is 1.48. The fourth-order valence-corrected chi connectivity index (χ4v) is 1.85. The van der Waals surface area contributed by atoms with Gasteiger partial charge in [-0.25, -0.2) is 0 Å². The van der Waals surface area contributed by atoms with Gasteiger partial charge in [-0.1, -0.05) is 6.92 Å². The Labute approximate surface area is 111 Å². The number of ketones is 1. The van der Waals surface area contributed by atoms with Crippen LogP contribution in [0.3, 0.4) is 0 Å². The molecule has 0 saturated carbocycles. The highest BCUT2D eigenvalue weighted by molar-refractivity contribution is 5.77. The van der Waals surface area contributed by atoms with Crippen LogP contribution in [0.4, 0.5) is 0 Å². The van der Waals surface area contributed by atoms with E-state index in [1.807, 2.05) is 0 Å². The summed E-state index contributed by atoms with van der Waals surface area (Å²) in [6.07, 6.45) is -4.96. The highest BCUT2D eigenvalue weighted by Crippen LogP contribution is 2.22. The molecule has 7 heteroatoms. The van der Waals surface area contributed by atoms with Crippen molar-refractivity contribution < 1.29 is 34.7 Å². The van der Waals surface area contributed by atoms with Crippen LogP contribution in [0.5, 0.6) is 0 Å². The van der Waals surface area contributed by atoms with Crippen molar-refractivity contribution in [1.82, 2.24) is 0 Å². The van der Waals surface area contributed by atoms with Gasteiger partial charge in [0.05, 0.1) is 13.2 Å². The summed E-state index contributed by atoms with van der Waals surface area (Å²) >= 11 is 0. The number of ether oxygens (including phenoxy) is 2. The lowest BCUT2D eigenvalue weighted by molar-refractivity contribution is -0.301. The molecule has 4 N–H and O–H groups in total. The van der Waals surface area contributed by atoms with Gasteiger partial charge in [0, 0.05) is 12.8 Å². The highest BCUT2D eigenvalue weighted by Gasteiger charge is 2.43. The number of hydrogen-bond donors (Lipinski definition) is 4. The molecule has 112 valence electrons. The van der Waals surface area contributed by atoms with Crippen LogP contribution in [0.15, 0.2) is 0 Å². The SMILES string of the molecule is CCC(=O)CCCOC1OC(CO)C(O)C(O)C1O. The van der Waals surface area contributed by atoms with E-state index in [0.29, 0.717) is 19.3 Å². The number of Topliss-reactive ketones (excluding diaryl/α,β-unsaturated/α-hetero) is 1. The van der Waals surface area contributed by atoms with Gasteiger partial charge >= 0.3 is 0 Å². The minimum atomic E-state index is -1.44. The van der Waals surface area contributed by atoms with Crippen molar-refractivity contribution in [2.45, 2.75) is 56.9 Å². The van der Waals surface area contributed by atoms with E-state index in [0.717, 1.165) is 0 Å². The molecule has 1 fully saturated rings. The molecular formula is C12H22O7. The standard InChI is InChI=1S/C12H22O7/c1-2-7(14)4-3-5-18-12-11(17)10(16)9(15)8(6-13)19-12/h8-13,15-17H,2-6H2,1H3. The minimum Gasteiger partial charge on any atom is -0.394 e. The van der Waals surface area contributed by atoms with Crippen molar-refractivity contribution in [1.29, 1.82) is 0 Å². The Kier molecular flexibility index (Phi) is 6.84. The Bertz CT molecular complexity index is 281. The summed E-state index contributed by atoms with van der Waals surface area (Å²) in [4.78, 5) is 11.1. The molecule has 5 atom stereocenters. The second-order valence-electron chi connectivity index (χ2n) is 4.56. The molecule has 1 heterocycles. The van der Waals surface area contributed by atoms with Gasteiger partial charge < -0.3 is 29.9 Å². The number of aliphatic hydroxyl groups is 4. The van der Waals surface area contributed by atoms with Gasteiger partial charge in [0.2, 0.25) is 0 Å². The summed E-state index contributed by atoms with van der Waals surface area (Å²) in [5.74, 6) is 0.123. The normalized spacial score (nSPS) is 35.3. The second kappa shape index (κ2) is 7.88. The van der Waals surface area contributed by atoms with Gasteiger partial charge in [0.1, 0.15) is 30.2 Å². The monoisotopic (exact) mass is 278 g/mol. The summed E-state index contributed by atoms with van der Waals surface area (Å²) in [5, 5.41) is 37.7. The summed E-state index contributed by atoms with van der Waals surface area (Å²) in [6, 6.07) is 0. The first-order valence-corrected chi connectivity index (χ1v) is 6.45. The molecule has 0 amide bonds. The predicted molar refractivity (Wildman–Crippen MR) is 64.3 cm³/mol. The Morgan fingerprint density at radius 3 is 2.47 bits per heavy atom. The Morgan fingerprint density at radius 2 is 1.89 bits per heavy atom. The zero-order chi connectivity index (χ0) is 14.4. The van der Waals surface area contributed by atoms with Crippen molar-refractivity contribution in [3.8, 4) is 0 Å². The first kappa shape index (κ1) is 16.5. The van der Waals surface area contributed by atoms with Crippen molar-refractivity contribution >= 4 is 5.78 Å². The smallest absolute Gasteiger partial charge is 0.186 e. The van der Waals surface area contributed by atoms with Gasteiger partial charge in [-0.05, 0) is 6.42 Å². The lowest BCUT2D eigenvalue weighted by Crippen LogP contribution is -2.59. The van der Waals surface area contributed by atoms with Crippen LogP contribution in [-0.4, -0.2) is 70.1 Å². The molecule has 19 heavy (non-hydrogen) atoms. The zero-order valence-corrected chi connectivity index (χ0v) is 10.9. The van der Waals surface area contributed by atoms with Crippen LogP contribution in [0.2, 0.25) is 0 Å². The molecule has 0 spiro atoms. The topological polar surface area (TPSA) is 116 Å². The molecule has 7 nitrogen and oxygen atoms in total. The van der Waals surface area contributed by atoms with Crippen molar-refractivity contribution in [2.75, 3.05) is 13.2 Å². The van der Waals surface area contributed by atoms with Crippen LogP contribution in [-0.2, 0) is 14.3 Å². The van der Waals surface area contributed by atoms with Crippen LogP contribution in [0.1, 0.15) is 26.2 Å². The molecule has 0 aromatic heterocycles. The van der Waals surface area contributed by atoms with Crippen LogP contribution in [0, 0.1) is 0 Å². The molecule has 0 aliphatic carbocycles. The molecule has 0 bridgehead atoms. The lowest BCUT2D eigenvalue weighted by Gasteiger charge is -2.39. The summed E-state index contributed by atoms with van der Waals surface area (Å²) in [7, 11) is 0. The minimum absolute atomic E-state index is 0.123. The van der Waals surface area contributed by atoms with E-state index >= 15 is 0 Å². The van der Waals surface area contributed by atoms with Gasteiger partial charge in [-0.15, -0.1) is 0 Å². The summed E-state index contributed by atoms with van der Waals surface area (Å²) < 4.78 is 10.4. The number of hydrogen-bond acceptors (Lipinski definition) is 7. The van der Waals surface area contributed by atoms with Crippen molar-refractivity contribution in [3.05, 3.63) is 0 Å². The quantitative estimate of drug-likeness (QED) is 0.421. The highest BCUT2D eigenvalue weighted by atomic mass is 16.7.